The van der Waals surface area contributed by atoms with Gasteiger partial charge in [-0.2, -0.15) is 4.31 Å². The third-order valence-electron chi connectivity index (χ3n) is 19.8. The molecule has 0 saturated heterocycles. The zero-order valence-electron chi connectivity index (χ0n) is 76.3. The van der Waals surface area contributed by atoms with Crippen molar-refractivity contribution in [2.75, 3.05) is 37.3 Å². The van der Waals surface area contributed by atoms with Crippen LogP contribution in [0.25, 0.3) is 0 Å². The SMILES string of the molecule is CC(=O)N(C(C)=O)C(=S)NC(=O)c1ccccc1.COc1ccc(C(=O)NC(=S)Nc2ccc([N+](=O)[O-])cc2)cc1.COc1ccc(C(=O)NC(=S)Nc2ccccc2)cc1.COc1ccc(NC(=S)NC(=O)c2ccccc2)cc1.O=C(NC(=S)N1C(=O)c2ccccc2S1(=O)=O)c1ccccc1.O=C(NC(=S)NC1CCCCC1)c1ccc(Cl)cc1.O=C(NC(=S)OC1CCCCC1)c1ccccc1. The lowest BCUT2D eigenvalue weighted by molar-refractivity contribution is -0.384. The summed E-state index contributed by atoms with van der Waals surface area (Å²) in [6.07, 6.45) is 11.8. The van der Waals surface area contributed by atoms with E-state index >= 15 is 0 Å². The number of benzene rings is 11. The number of nitro groups is 1. The summed E-state index contributed by atoms with van der Waals surface area (Å²) < 4.78 is 46.0. The molecule has 1 aliphatic heterocycles. The van der Waals surface area contributed by atoms with Crippen LogP contribution in [0.4, 0.5) is 22.7 Å². The zero-order valence-corrected chi connectivity index (χ0v) is 83.6. The van der Waals surface area contributed by atoms with Crippen LogP contribution in [0.3, 0.4) is 0 Å². The maximum absolute atomic E-state index is 12.4. The third kappa shape index (κ3) is 37.7. The smallest absolute Gasteiger partial charge is 0.275 e. The normalized spacial score (nSPS) is 12.2. The van der Waals surface area contributed by atoms with Crippen LogP contribution in [-0.2, 0) is 24.3 Å². The van der Waals surface area contributed by atoms with E-state index in [1.54, 1.807) is 197 Å². The molecule has 2 saturated carbocycles. The highest BCUT2D eigenvalue weighted by molar-refractivity contribution is 7.92. The Labute approximate surface area is 856 Å². The van der Waals surface area contributed by atoms with Crippen LogP contribution in [0.2, 0.25) is 5.02 Å². The number of thiocarbonyl (C=S) groups is 7. The minimum absolute atomic E-state index is 0.0243. The summed E-state index contributed by atoms with van der Waals surface area (Å²) in [5.41, 5.74) is 5.50. The number of fused-ring (bicyclic) bond motifs is 1. The molecule has 2 aliphatic carbocycles. The Bertz CT molecular complexity index is 6340. The van der Waals surface area contributed by atoms with E-state index in [0.29, 0.717) is 76.6 Å². The Morgan fingerprint density at radius 1 is 0.383 bits per heavy atom. The molecule has 0 atom stereocenters. The summed E-state index contributed by atoms with van der Waals surface area (Å²) in [7, 11) is 0.627. The van der Waals surface area contributed by atoms with Crippen molar-refractivity contribution in [2.45, 2.75) is 95.1 Å². The number of carbonyl (C=O) groups is 10. The fourth-order valence-corrected chi connectivity index (χ4v) is 16.4. The number of hydrogen-bond acceptors (Lipinski definition) is 25. The summed E-state index contributed by atoms with van der Waals surface area (Å²) in [5.74, 6) is -2.09. The molecule has 0 bridgehead atoms. The second-order valence-electron chi connectivity index (χ2n) is 29.9. The van der Waals surface area contributed by atoms with Crippen LogP contribution in [-0.4, -0.2) is 151 Å². The number of non-ortho nitro benzene ring substituents is 1. The van der Waals surface area contributed by atoms with Crippen molar-refractivity contribution in [2.24, 2.45) is 0 Å². The maximum atomic E-state index is 12.4. The summed E-state index contributed by atoms with van der Waals surface area (Å²) in [5, 5.41) is 41.3. The van der Waals surface area contributed by atoms with Crippen LogP contribution < -0.4 is 72.7 Å². The van der Waals surface area contributed by atoms with Crippen molar-refractivity contribution in [3.05, 3.63) is 357 Å². The summed E-state index contributed by atoms with van der Waals surface area (Å²) in [6.45, 7) is 2.39. The van der Waals surface area contributed by atoms with Gasteiger partial charge in [0, 0.05) is 93.1 Å². The molecule has 11 N–H and O–H groups in total. The first-order chi connectivity index (χ1) is 67.6. The van der Waals surface area contributed by atoms with E-state index in [4.69, 9.17) is 116 Å². The predicted molar refractivity (Wildman–Crippen MR) is 568 cm³/mol. The molecular weight excluding hydrogens is 1980 g/mol. The number of rotatable bonds is 16. The second kappa shape index (κ2) is 58.0. The fourth-order valence-electron chi connectivity index (χ4n) is 12.8. The van der Waals surface area contributed by atoms with Gasteiger partial charge in [-0.15, -0.1) is 0 Å². The molecule has 1 heterocycles. The molecular formula is C100H97ClN14O18S8. The summed E-state index contributed by atoms with van der Waals surface area (Å²) >= 11 is 41.1. The van der Waals surface area contributed by atoms with Crippen molar-refractivity contribution in [1.82, 2.24) is 51.7 Å². The largest absolute Gasteiger partial charge is 0.497 e. The molecule has 32 nitrogen and oxygen atoms in total. The van der Waals surface area contributed by atoms with E-state index in [-0.39, 0.29) is 77.4 Å². The number of para-hydroxylation sites is 1. The molecule has 730 valence electrons. The Hall–Kier alpha value is -15.0. The van der Waals surface area contributed by atoms with E-state index < -0.39 is 49.6 Å². The first-order valence-corrected chi connectivity index (χ1v) is 47.7. The lowest BCUT2D eigenvalue weighted by atomic mass is 9.96. The first kappa shape index (κ1) is 111. The third-order valence-corrected chi connectivity index (χ3v) is 23.5. The number of amides is 10. The molecule has 11 aromatic carbocycles. The molecule has 0 radical (unpaired) electrons. The number of nitro benzene ring substituents is 1. The van der Waals surface area contributed by atoms with Crippen LogP contribution in [0.15, 0.2) is 302 Å². The van der Waals surface area contributed by atoms with Gasteiger partial charge in [0.2, 0.25) is 11.8 Å². The molecule has 0 spiro atoms. The summed E-state index contributed by atoms with van der Waals surface area (Å²) in [4.78, 5) is 129. The lowest BCUT2D eigenvalue weighted by Gasteiger charge is -2.24. The van der Waals surface area contributed by atoms with Gasteiger partial charge in [-0.25, -0.2) is 13.3 Å². The molecule has 41 heteroatoms. The first-order valence-electron chi connectivity index (χ1n) is 43.0. The summed E-state index contributed by atoms with van der Waals surface area (Å²) in [6, 6.07) is 83.1. The Balaban J connectivity index is 0.000000202. The average Bonchev–Trinajstić information content (AvgIpc) is 1.59. The van der Waals surface area contributed by atoms with E-state index in [1.165, 1.54) is 94.8 Å². The number of ether oxygens (including phenoxy) is 4. The minimum Gasteiger partial charge on any atom is -0.497 e. The van der Waals surface area contributed by atoms with Gasteiger partial charge in [-0.3, -0.25) is 95.3 Å². The molecule has 14 rings (SSSR count). The van der Waals surface area contributed by atoms with Crippen molar-refractivity contribution in [1.29, 1.82) is 0 Å². The van der Waals surface area contributed by atoms with Crippen LogP contribution in [0.1, 0.15) is 161 Å². The maximum Gasteiger partial charge on any atom is 0.275 e. The van der Waals surface area contributed by atoms with E-state index in [1.807, 2.05) is 78.9 Å². The van der Waals surface area contributed by atoms with Gasteiger partial charge in [0.15, 0.2) is 30.7 Å². The van der Waals surface area contributed by atoms with E-state index in [0.717, 1.165) is 47.7 Å². The topological polar surface area (TPSA) is 424 Å². The fraction of sp³-hybridized carbons (Fsp3) is 0.170. The number of sulfonamides is 1. The number of hydrogen-bond donors (Lipinski definition) is 11. The Kier molecular flexibility index (Phi) is 45.8. The van der Waals surface area contributed by atoms with E-state index in [9.17, 15) is 66.5 Å². The van der Waals surface area contributed by atoms with E-state index in [2.05, 4.69) is 58.5 Å². The zero-order chi connectivity index (χ0) is 102. The van der Waals surface area contributed by atoms with Gasteiger partial charge >= 0.3 is 0 Å². The standard InChI is InChI=1S/C15H13N3O4S.C15H10N2O4S2.2C15H14N2O2S.C14H17ClN2OS.C14H17NO2S.C12H12N2O3S/c1-22-13-8-2-10(3-9-13)14(19)17-15(23)16-11-4-6-12(7-5-11)18(20)21;18-13(10-6-2-1-3-7-10)16-15(22)17-14(19)11-8-4-5-9-12(11)23(17,20)21;1-19-13-9-7-11(8-10-13)14(18)17-15(20)16-12-5-3-2-4-6-12;1-19-13-9-7-12(8-10-13)16-15(20)17-14(18)11-5-3-2-4-6-11;15-11-8-6-10(7-9-11)13(18)17-14(19)16-12-4-2-1-3-5-12;16-13(11-7-3-1-4-8-11)15-14(18)17-12-9-5-2-6-10-12;1-8(15)14(9(2)16)12(18)13-11(17)10-6-4-3-5-7-10/h2-9H,1H3,(H2,16,17,19,23);1-9H,(H,16,18,22);2*2-10H,1H3,(H2,16,17,18,20);6-9,12H,1-5H2,(H2,16,17,18,19);1,3-4,7-8,12H,2,5-6,9-10H2,(H,15,16,18);3-7H,1-2H3,(H,13,17,18). The average molecular weight is 2070 g/mol. The molecule has 10 amide bonds. The number of carbonyl (C=O) groups excluding carboxylic acids is 10. The van der Waals surface area contributed by atoms with Gasteiger partial charge in [0.25, 0.3) is 68.1 Å². The number of nitrogens with one attached hydrogen (secondary N) is 11. The van der Waals surface area contributed by atoms with Gasteiger partial charge in [0.1, 0.15) is 28.2 Å². The van der Waals surface area contributed by atoms with Gasteiger partial charge in [-0.1, -0.05) is 140 Å². The van der Waals surface area contributed by atoms with Crippen LogP contribution in [0, 0.1) is 10.1 Å². The molecule has 2 fully saturated rings. The highest BCUT2D eigenvalue weighted by Crippen LogP contribution is 2.31. The minimum atomic E-state index is -4.09. The number of imide groups is 1. The second-order valence-corrected chi connectivity index (χ2v) is 34.9. The number of halogens is 1. The molecule has 0 unspecified atom stereocenters. The monoisotopic (exact) mass is 2070 g/mol. The van der Waals surface area contributed by atoms with Crippen molar-refractivity contribution >= 4 is 225 Å². The predicted octanol–water partition coefficient (Wildman–Crippen LogP) is 17.3. The molecule has 141 heavy (non-hydrogen) atoms. The molecule has 0 aromatic heterocycles. The van der Waals surface area contributed by atoms with Crippen molar-refractivity contribution in [3.8, 4) is 17.2 Å². The number of nitrogens with zero attached hydrogens (tertiary/aromatic N) is 3. The van der Waals surface area contributed by atoms with Crippen molar-refractivity contribution < 1.29 is 80.2 Å². The highest BCUT2D eigenvalue weighted by atomic mass is 35.5. The Morgan fingerprint density at radius 2 is 0.695 bits per heavy atom. The highest BCUT2D eigenvalue weighted by Gasteiger charge is 2.44. The Morgan fingerprint density at radius 3 is 1.07 bits per heavy atom. The van der Waals surface area contributed by atoms with Crippen LogP contribution >= 0.6 is 97.1 Å². The quantitative estimate of drug-likeness (QED) is 0.0243. The van der Waals surface area contributed by atoms with Gasteiger partial charge < -0.3 is 40.2 Å². The lowest BCUT2D eigenvalue weighted by Crippen LogP contribution is -2.47. The molecule has 11 aromatic rings. The van der Waals surface area contributed by atoms with Crippen molar-refractivity contribution in [3.63, 3.8) is 0 Å². The number of anilines is 3. The van der Waals surface area contributed by atoms with Crippen LogP contribution in [0.5, 0.6) is 17.2 Å². The molecule has 3 aliphatic rings. The number of methoxy groups -OCH3 is 3. The van der Waals surface area contributed by atoms with Gasteiger partial charge in [0.05, 0.1) is 31.8 Å². The van der Waals surface area contributed by atoms with Gasteiger partial charge in [-0.05, 0) is 306 Å².